The molecule has 1 saturated heterocycles. The minimum atomic E-state index is 0.238. The van der Waals surface area contributed by atoms with Gasteiger partial charge in [0, 0.05) is 24.9 Å². The smallest absolute Gasteiger partial charge is 0.232 e. The molecule has 112 valence electrons. The molecule has 0 saturated carbocycles. The van der Waals surface area contributed by atoms with Crippen molar-refractivity contribution in [3.8, 4) is 0 Å². The van der Waals surface area contributed by atoms with Crippen LogP contribution in [-0.4, -0.2) is 46.0 Å². The van der Waals surface area contributed by atoms with Gasteiger partial charge < -0.3 is 9.42 Å². The molecule has 0 spiro atoms. The number of likely N-dealkylation sites (tertiary alicyclic amines) is 1. The van der Waals surface area contributed by atoms with Crippen LogP contribution >= 0.6 is 11.8 Å². The van der Waals surface area contributed by atoms with E-state index in [0.29, 0.717) is 17.6 Å². The summed E-state index contributed by atoms with van der Waals surface area (Å²) < 4.78 is 5.40. The van der Waals surface area contributed by atoms with Crippen molar-refractivity contribution in [1.29, 1.82) is 0 Å². The molecule has 0 N–H and O–H groups in total. The fraction of sp³-hybridized carbons (Fsp3) is 0.786. The van der Waals surface area contributed by atoms with Crippen LogP contribution in [0.25, 0.3) is 0 Å². The minimum Gasteiger partial charge on any atom is -0.342 e. The predicted octanol–water partition coefficient (Wildman–Crippen LogP) is 2.65. The van der Waals surface area contributed by atoms with Crippen molar-refractivity contribution >= 4 is 17.7 Å². The van der Waals surface area contributed by atoms with Crippen LogP contribution in [0, 0.1) is 0 Å². The van der Waals surface area contributed by atoms with Crippen molar-refractivity contribution in [3.05, 3.63) is 11.7 Å². The van der Waals surface area contributed by atoms with E-state index in [-0.39, 0.29) is 5.91 Å². The highest BCUT2D eigenvalue weighted by Crippen LogP contribution is 2.28. The van der Waals surface area contributed by atoms with Gasteiger partial charge in [0.25, 0.3) is 0 Å². The molecule has 1 atom stereocenters. The highest BCUT2D eigenvalue weighted by Gasteiger charge is 2.27. The molecule has 1 aromatic rings. The number of thioether (sulfide) groups is 1. The summed E-state index contributed by atoms with van der Waals surface area (Å²) in [6.07, 6.45) is 4.81. The van der Waals surface area contributed by atoms with Gasteiger partial charge >= 0.3 is 0 Å². The number of nitrogens with zero attached hydrogens (tertiary/aromatic N) is 3. The van der Waals surface area contributed by atoms with E-state index in [1.807, 2.05) is 11.2 Å². The molecule has 20 heavy (non-hydrogen) atoms. The molecule has 1 aliphatic rings. The summed E-state index contributed by atoms with van der Waals surface area (Å²) in [4.78, 5) is 18.3. The van der Waals surface area contributed by atoms with Crippen molar-refractivity contribution in [2.45, 2.75) is 44.9 Å². The third-order valence-electron chi connectivity index (χ3n) is 3.98. The number of carbonyl (C=O) groups excluding carboxylic acids is 1. The summed E-state index contributed by atoms with van der Waals surface area (Å²) in [6, 6.07) is 0. The first kappa shape index (κ1) is 15.4. The maximum absolute atomic E-state index is 11.8. The van der Waals surface area contributed by atoms with E-state index in [4.69, 9.17) is 4.52 Å². The lowest BCUT2D eigenvalue weighted by molar-refractivity contribution is -0.129. The maximum atomic E-state index is 11.8. The molecule has 2 rings (SSSR count). The molecule has 0 unspecified atom stereocenters. The highest BCUT2D eigenvalue weighted by molar-refractivity contribution is 7.99. The van der Waals surface area contributed by atoms with Gasteiger partial charge in [0.2, 0.25) is 11.8 Å². The Morgan fingerprint density at radius 2 is 2.20 bits per heavy atom. The number of amides is 1. The first-order valence-electron chi connectivity index (χ1n) is 7.25. The minimum absolute atomic E-state index is 0.238. The first-order chi connectivity index (χ1) is 9.65. The molecule has 0 aromatic carbocycles. The monoisotopic (exact) mass is 297 g/mol. The molecule has 5 nitrogen and oxygen atoms in total. The van der Waals surface area contributed by atoms with Crippen molar-refractivity contribution < 1.29 is 9.32 Å². The number of rotatable bonds is 5. The molecule has 2 heterocycles. The van der Waals surface area contributed by atoms with E-state index in [0.717, 1.165) is 44.1 Å². The largest absolute Gasteiger partial charge is 0.342 e. The van der Waals surface area contributed by atoms with E-state index >= 15 is 0 Å². The van der Waals surface area contributed by atoms with Crippen molar-refractivity contribution in [3.63, 3.8) is 0 Å². The van der Waals surface area contributed by atoms with E-state index in [1.54, 1.807) is 11.8 Å². The Morgan fingerprint density at radius 3 is 2.80 bits per heavy atom. The highest BCUT2D eigenvalue weighted by atomic mass is 32.2. The molecule has 0 aliphatic carbocycles. The first-order valence-corrected chi connectivity index (χ1v) is 8.65. The third-order valence-corrected chi connectivity index (χ3v) is 4.51. The lowest BCUT2D eigenvalue weighted by Crippen LogP contribution is -2.38. The Balaban J connectivity index is 1.90. The van der Waals surface area contributed by atoms with Gasteiger partial charge in [-0.2, -0.15) is 16.7 Å². The summed E-state index contributed by atoms with van der Waals surface area (Å²) in [5, 5.41) is 4.08. The van der Waals surface area contributed by atoms with E-state index in [9.17, 15) is 4.79 Å². The molecular weight excluding hydrogens is 274 g/mol. The second-order valence-electron chi connectivity index (χ2n) is 5.39. The van der Waals surface area contributed by atoms with E-state index in [2.05, 4.69) is 24.0 Å². The van der Waals surface area contributed by atoms with Gasteiger partial charge in [-0.05, 0) is 25.5 Å². The van der Waals surface area contributed by atoms with Crippen molar-refractivity contribution in [2.24, 2.45) is 0 Å². The number of hydrogen-bond donors (Lipinski definition) is 0. The molecular formula is C14H23N3O2S. The molecule has 0 bridgehead atoms. The van der Waals surface area contributed by atoms with Gasteiger partial charge in [-0.1, -0.05) is 19.0 Å². The van der Waals surface area contributed by atoms with Crippen LogP contribution < -0.4 is 0 Å². The lowest BCUT2D eigenvalue weighted by atomic mass is 9.96. The fourth-order valence-electron chi connectivity index (χ4n) is 2.39. The zero-order valence-corrected chi connectivity index (χ0v) is 13.3. The average molecular weight is 297 g/mol. The van der Waals surface area contributed by atoms with E-state index < -0.39 is 0 Å². The lowest BCUT2D eigenvalue weighted by Gasteiger charge is -2.30. The zero-order valence-electron chi connectivity index (χ0n) is 12.5. The van der Waals surface area contributed by atoms with Gasteiger partial charge in [-0.3, -0.25) is 4.79 Å². The third kappa shape index (κ3) is 3.53. The molecule has 6 heteroatoms. The van der Waals surface area contributed by atoms with Crippen LogP contribution in [0.15, 0.2) is 4.52 Å². The van der Waals surface area contributed by atoms with Gasteiger partial charge in [-0.25, -0.2) is 0 Å². The maximum Gasteiger partial charge on any atom is 0.232 e. The summed E-state index contributed by atoms with van der Waals surface area (Å²) in [5.74, 6) is 3.01. The summed E-state index contributed by atoms with van der Waals surface area (Å²) in [7, 11) is 0. The van der Waals surface area contributed by atoms with Gasteiger partial charge in [-0.15, -0.1) is 0 Å². The Morgan fingerprint density at radius 1 is 1.50 bits per heavy atom. The number of hydrogen-bond acceptors (Lipinski definition) is 5. The SMILES string of the molecule is CC[C@H](C)c1noc(C2CCN(C(=O)CSC)CC2)n1. The number of piperidine rings is 1. The van der Waals surface area contributed by atoms with Crippen LogP contribution in [-0.2, 0) is 4.79 Å². The van der Waals surface area contributed by atoms with Crippen LogP contribution in [0.5, 0.6) is 0 Å². The quantitative estimate of drug-likeness (QED) is 0.836. The van der Waals surface area contributed by atoms with E-state index in [1.165, 1.54) is 0 Å². The van der Waals surface area contributed by atoms with Crippen molar-refractivity contribution in [2.75, 3.05) is 25.1 Å². The second-order valence-corrected chi connectivity index (χ2v) is 6.25. The normalized spacial score (nSPS) is 18.2. The number of aromatic nitrogens is 2. The predicted molar refractivity (Wildman–Crippen MR) is 79.9 cm³/mol. The van der Waals surface area contributed by atoms with Crippen LogP contribution in [0.3, 0.4) is 0 Å². The summed E-state index contributed by atoms with van der Waals surface area (Å²) in [6.45, 7) is 5.82. The molecule has 1 fully saturated rings. The molecule has 1 aromatic heterocycles. The zero-order chi connectivity index (χ0) is 14.5. The van der Waals surface area contributed by atoms with Gasteiger partial charge in [0.15, 0.2) is 5.82 Å². The Bertz CT molecular complexity index is 441. The molecule has 0 radical (unpaired) electrons. The van der Waals surface area contributed by atoms with Crippen molar-refractivity contribution in [1.82, 2.24) is 15.0 Å². The molecule has 1 amide bonds. The van der Waals surface area contributed by atoms with Crippen LogP contribution in [0.2, 0.25) is 0 Å². The van der Waals surface area contributed by atoms with Crippen LogP contribution in [0.1, 0.15) is 56.7 Å². The fourth-order valence-corrected chi connectivity index (χ4v) is 2.82. The van der Waals surface area contributed by atoms with Gasteiger partial charge in [0.1, 0.15) is 0 Å². The summed E-state index contributed by atoms with van der Waals surface area (Å²) in [5.41, 5.74) is 0. The van der Waals surface area contributed by atoms with Gasteiger partial charge in [0.05, 0.1) is 5.75 Å². The average Bonchev–Trinajstić information content (AvgIpc) is 2.96. The standard InChI is InChI=1S/C14H23N3O2S/c1-4-10(2)13-15-14(19-16-13)11-5-7-17(8-6-11)12(18)9-20-3/h10-11H,4-9H2,1-3H3/t10-/m0/s1. The topological polar surface area (TPSA) is 59.2 Å². The summed E-state index contributed by atoms with van der Waals surface area (Å²) >= 11 is 1.58. The number of carbonyl (C=O) groups is 1. The van der Waals surface area contributed by atoms with Crippen LogP contribution in [0.4, 0.5) is 0 Å². The second kappa shape index (κ2) is 7.11. The Labute approximate surface area is 124 Å². The molecule has 1 aliphatic heterocycles. The Kier molecular flexibility index (Phi) is 5.46. The Hall–Kier alpha value is -1.04.